The predicted octanol–water partition coefficient (Wildman–Crippen LogP) is 6.00. The summed E-state index contributed by atoms with van der Waals surface area (Å²) in [6.45, 7) is 20.8. The fraction of sp³-hybridized carbons (Fsp3) is 0.769. The Morgan fingerprint density at radius 1 is 1.13 bits per heavy atom. The maximum atomic E-state index is 13.5. The summed E-state index contributed by atoms with van der Waals surface area (Å²) in [7, 11) is -2.10. The number of hydrogen-bond acceptors (Lipinski definition) is 4. The molecule has 1 N–H and O–H groups in total. The highest BCUT2D eigenvalue weighted by atomic mass is 28.4. The lowest BCUT2D eigenvalue weighted by atomic mass is 9.77. The van der Waals surface area contributed by atoms with Gasteiger partial charge >= 0.3 is 0 Å². The molecule has 1 saturated carbocycles. The smallest absolute Gasteiger partial charge is 0.192 e. The fourth-order valence-corrected chi connectivity index (χ4v) is 5.96. The topological polar surface area (TPSA) is 63.6 Å². The summed E-state index contributed by atoms with van der Waals surface area (Å²) in [5.74, 6) is -0.358. The zero-order valence-corrected chi connectivity index (χ0v) is 22.4. The van der Waals surface area contributed by atoms with E-state index in [4.69, 9.17) is 4.43 Å². The zero-order valence-electron chi connectivity index (χ0n) is 21.4. The molecule has 0 aromatic heterocycles. The molecule has 0 aromatic carbocycles. The molecule has 2 aliphatic rings. The molecule has 0 aromatic rings. The molecule has 0 saturated heterocycles. The quantitative estimate of drug-likeness (QED) is 0.415. The van der Waals surface area contributed by atoms with Crippen LogP contribution in [-0.4, -0.2) is 36.7 Å². The van der Waals surface area contributed by atoms with Gasteiger partial charge in [-0.15, -0.1) is 0 Å². The first-order chi connectivity index (χ1) is 13.9. The largest absolute Gasteiger partial charge is 0.413 e. The van der Waals surface area contributed by atoms with Crippen LogP contribution in [0.25, 0.3) is 0 Å². The van der Waals surface area contributed by atoms with Crippen molar-refractivity contribution in [2.45, 2.75) is 111 Å². The number of Topliss-reactive ketones (excluding diaryl/α,β-unsaturated/α-hetero) is 2. The van der Waals surface area contributed by atoms with Gasteiger partial charge < -0.3 is 9.53 Å². The molecule has 176 valence electrons. The summed E-state index contributed by atoms with van der Waals surface area (Å²) in [5.41, 5.74) is -0.401. The summed E-state index contributed by atoms with van der Waals surface area (Å²) < 4.78 is 6.82. The minimum atomic E-state index is -2.10. The third-order valence-electron chi connectivity index (χ3n) is 7.97. The lowest BCUT2D eigenvalue weighted by Crippen LogP contribution is -2.49. The second-order valence-electron chi connectivity index (χ2n) is 12.2. The molecule has 4 atom stereocenters. The average Bonchev–Trinajstić information content (AvgIpc) is 2.86. The normalized spacial score (nSPS) is 36.5. The second kappa shape index (κ2) is 8.72. The zero-order chi connectivity index (χ0) is 24.0. The van der Waals surface area contributed by atoms with Gasteiger partial charge in [-0.1, -0.05) is 59.3 Å². The van der Waals surface area contributed by atoms with Gasteiger partial charge in [-0.3, -0.25) is 9.59 Å². The monoisotopic (exact) mass is 448 g/mol. The van der Waals surface area contributed by atoms with Gasteiger partial charge in [-0.2, -0.15) is 0 Å². The van der Waals surface area contributed by atoms with E-state index in [1.54, 1.807) is 6.92 Å². The Labute approximate surface area is 190 Å². The maximum Gasteiger partial charge on any atom is 0.192 e. The molecule has 0 spiro atoms. The van der Waals surface area contributed by atoms with E-state index in [1.165, 1.54) is 0 Å². The minimum absolute atomic E-state index is 0.0371. The summed E-state index contributed by atoms with van der Waals surface area (Å²) in [6, 6.07) is 0. The minimum Gasteiger partial charge on any atom is -0.413 e. The van der Waals surface area contributed by atoms with E-state index in [2.05, 4.69) is 40.8 Å². The fourth-order valence-electron chi connectivity index (χ4n) is 4.55. The molecule has 2 rings (SSSR count). The molecule has 0 heterocycles. The van der Waals surface area contributed by atoms with Crippen molar-refractivity contribution in [2.75, 3.05) is 0 Å². The molecular weight excluding hydrogens is 404 g/mol. The first-order valence-corrected chi connectivity index (χ1v) is 14.7. The van der Waals surface area contributed by atoms with Crippen LogP contribution in [0.2, 0.25) is 18.1 Å². The highest BCUT2D eigenvalue weighted by Gasteiger charge is 2.57. The number of rotatable bonds is 2. The molecule has 5 heteroatoms. The van der Waals surface area contributed by atoms with E-state index >= 15 is 0 Å². The molecule has 0 amide bonds. The maximum absolute atomic E-state index is 13.5. The number of aliphatic hydroxyl groups is 1. The van der Waals surface area contributed by atoms with E-state index in [1.807, 2.05) is 32.9 Å². The number of carbonyl (C=O) groups excluding carboxylic acids is 2. The Balaban J connectivity index is 2.55. The van der Waals surface area contributed by atoms with Crippen molar-refractivity contribution in [3.8, 4) is 0 Å². The SMILES string of the molecule is C/C1=C\[C@H]2[C@H](O[Si](C)(C)C(C)(C)C)[C@@H](C)C[C@]2(O)C(=O)/C(C)=C/CC(C)(C)C(=O)CC1. The third kappa shape index (κ3) is 5.31. The van der Waals surface area contributed by atoms with E-state index in [0.717, 1.165) is 5.57 Å². The first-order valence-electron chi connectivity index (χ1n) is 11.7. The standard InChI is InChI=1S/C26H44O4Si/c1-17-11-12-21(27)25(7,8)14-13-18(2)23(28)26(29)16-19(3)22(20(26)15-17)30-31(9,10)24(4,5)6/h13,15,19-20,22,29H,11-12,14,16H2,1-10H3/b17-15+,18-13+/t19-,20-,22+,26+/m0/s1. The number of carbonyl (C=O) groups is 2. The van der Waals surface area contributed by atoms with Crippen molar-refractivity contribution < 1.29 is 19.1 Å². The van der Waals surface area contributed by atoms with Crippen LogP contribution in [0.5, 0.6) is 0 Å². The van der Waals surface area contributed by atoms with Gasteiger partial charge in [0.25, 0.3) is 0 Å². The van der Waals surface area contributed by atoms with E-state index in [9.17, 15) is 14.7 Å². The van der Waals surface area contributed by atoms with Crippen molar-refractivity contribution in [1.82, 2.24) is 0 Å². The van der Waals surface area contributed by atoms with E-state index < -0.39 is 25.3 Å². The van der Waals surface area contributed by atoms with Crippen LogP contribution in [0.4, 0.5) is 0 Å². The lowest BCUT2D eigenvalue weighted by molar-refractivity contribution is -0.136. The number of hydrogen-bond donors (Lipinski definition) is 1. The molecule has 0 aliphatic heterocycles. The van der Waals surface area contributed by atoms with Gasteiger partial charge in [0.15, 0.2) is 14.1 Å². The molecule has 31 heavy (non-hydrogen) atoms. The number of allylic oxidation sites excluding steroid dienone is 2. The van der Waals surface area contributed by atoms with Crippen LogP contribution in [0.1, 0.15) is 81.1 Å². The van der Waals surface area contributed by atoms with Crippen molar-refractivity contribution >= 4 is 19.9 Å². The van der Waals surface area contributed by atoms with Crippen LogP contribution in [-0.2, 0) is 14.0 Å². The molecule has 4 nitrogen and oxygen atoms in total. The van der Waals surface area contributed by atoms with Crippen LogP contribution in [0, 0.1) is 17.3 Å². The van der Waals surface area contributed by atoms with Gasteiger partial charge in [0.2, 0.25) is 0 Å². The molecule has 0 unspecified atom stereocenters. The highest BCUT2D eigenvalue weighted by Crippen LogP contribution is 2.48. The van der Waals surface area contributed by atoms with Crippen molar-refractivity contribution in [2.24, 2.45) is 17.3 Å². The Bertz CT molecular complexity index is 784. The Morgan fingerprint density at radius 2 is 1.71 bits per heavy atom. The van der Waals surface area contributed by atoms with Crippen molar-refractivity contribution in [3.05, 3.63) is 23.3 Å². The molecule has 1 fully saturated rings. The van der Waals surface area contributed by atoms with E-state index in [-0.39, 0.29) is 28.6 Å². The van der Waals surface area contributed by atoms with Gasteiger partial charge in [0, 0.05) is 17.8 Å². The first kappa shape index (κ1) is 26.2. The second-order valence-corrected chi connectivity index (χ2v) is 17.0. The lowest BCUT2D eigenvalue weighted by Gasteiger charge is -2.41. The summed E-state index contributed by atoms with van der Waals surface area (Å²) in [4.78, 5) is 26.3. The summed E-state index contributed by atoms with van der Waals surface area (Å²) in [6.07, 6.45) is 5.69. The third-order valence-corrected chi connectivity index (χ3v) is 12.4. The van der Waals surface area contributed by atoms with Crippen LogP contribution in [0.3, 0.4) is 0 Å². The number of fused-ring (bicyclic) bond motifs is 1. The number of ketones is 2. The van der Waals surface area contributed by atoms with Crippen molar-refractivity contribution in [3.63, 3.8) is 0 Å². The Hall–Kier alpha value is -1.04. The molecule has 0 radical (unpaired) electrons. The Morgan fingerprint density at radius 3 is 2.26 bits per heavy atom. The van der Waals surface area contributed by atoms with Crippen LogP contribution < -0.4 is 0 Å². The van der Waals surface area contributed by atoms with E-state index in [0.29, 0.717) is 31.3 Å². The van der Waals surface area contributed by atoms with Gasteiger partial charge in [0.1, 0.15) is 11.4 Å². The van der Waals surface area contributed by atoms with Gasteiger partial charge in [0.05, 0.1) is 6.10 Å². The van der Waals surface area contributed by atoms with Gasteiger partial charge in [-0.05, 0) is 62.7 Å². The molecule has 2 aliphatic carbocycles. The van der Waals surface area contributed by atoms with Crippen LogP contribution >= 0.6 is 0 Å². The highest BCUT2D eigenvalue weighted by molar-refractivity contribution is 6.74. The predicted molar refractivity (Wildman–Crippen MR) is 129 cm³/mol. The average molecular weight is 449 g/mol. The summed E-state index contributed by atoms with van der Waals surface area (Å²) in [5, 5.41) is 11.8. The van der Waals surface area contributed by atoms with Crippen molar-refractivity contribution in [1.29, 1.82) is 0 Å². The van der Waals surface area contributed by atoms with Crippen LogP contribution in [0.15, 0.2) is 23.3 Å². The Kier molecular flexibility index (Phi) is 7.37. The van der Waals surface area contributed by atoms with Gasteiger partial charge in [-0.25, -0.2) is 0 Å². The molecule has 0 bridgehead atoms. The molecular formula is C26H44O4Si. The summed E-state index contributed by atoms with van der Waals surface area (Å²) >= 11 is 0.